The van der Waals surface area contributed by atoms with E-state index in [4.69, 9.17) is 4.99 Å². The van der Waals surface area contributed by atoms with E-state index in [2.05, 4.69) is 59.3 Å². The number of aliphatic imine (C=N–C) groups is 1. The van der Waals surface area contributed by atoms with Gasteiger partial charge in [-0.1, -0.05) is 58.8 Å². The average molecular weight is 410 g/mol. The second kappa shape index (κ2) is 6.14. The lowest BCUT2D eigenvalue weighted by atomic mass is 9.74. The molecule has 1 nitrogen and oxygen atoms in total. The molecule has 0 N–H and O–H groups in total. The number of fused-ring (bicyclic) bond motifs is 4. The SMILES string of the molecule is CC1CC2=C(C=CCC2)c2ccc3c(C4=NCCS4)c(Br)ccc3c21. The summed E-state index contributed by atoms with van der Waals surface area (Å²) in [6, 6.07) is 9.19. The topological polar surface area (TPSA) is 12.4 Å². The van der Waals surface area contributed by atoms with E-state index < -0.39 is 0 Å². The zero-order chi connectivity index (χ0) is 17.0. The molecule has 126 valence electrons. The first-order chi connectivity index (χ1) is 12.2. The zero-order valence-electron chi connectivity index (χ0n) is 14.3. The molecule has 3 aliphatic rings. The smallest absolute Gasteiger partial charge is 0.0995 e. The van der Waals surface area contributed by atoms with Gasteiger partial charge >= 0.3 is 0 Å². The Balaban J connectivity index is 1.81. The second-order valence-electron chi connectivity index (χ2n) is 7.14. The summed E-state index contributed by atoms with van der Waals surface area (Å²) in [6.45, 7) is 3.33. The van der Waals surface area contributed by atoms with Crippen LogP contribution in [0.2, 0.25) is 0 Å². The molecule has 5 rings (SSSR count). The van der Waals surface area contributed by atoms with E-state index in [1.54, 1.807) is 5.57 Å². The highest BCUT2D eigenvalue weighted by Gasteiger charge is 2.27. The molecular weight excluding hydrogens is 390 g/mol. The molecule has 0 radical (unpaired) electrons. The fraction of sp³-hybridized carbons (Fsp3) is 0.318. The standard InChI is InChI=1S/C22H20BrNS/c1-13-12-14-4-2-3-5-15(14)16-6-7-18-17(20(13)16)8-9-19(23)21(18)22-24-10-11-25-22/h3,5-9,13H,2,4,10-12H2,1H3. The summed E-state index contributed by atoms with van der Waals surface area (Å²) < 4.78 is 1.16. The third-order valence-electron chi connectivity index (χ3n) is 5.60. The Morgan fingerprint density at radius 2 is 2.04 bits per heavy atom. The molecule has 0 saturated heterocycles. The van der Waals surface area contributed by atoms with Gasteiger partial charge in [-0.25, -0.2) is 0 Å². The molecule has 0 aromatic heterocycles. The highest BCUT2D eigenvalue weighted by Crippen LogP contribution is 2.46. The molecule has 2 aromatic rings. The van der Waals surface area contributed by atoms with Crippen LogP contribution in [0.25, 0.3) is 16.3 Å². The number of thioether (sulfide) groups is 1. The molecule has 1 aliphatic heterocycles. The normalized spacial score (nSPS) is 22.2. The molecule has 0 amide bonds. The van der Waals surface area contributed by atoms with Crippen molar-refractivity contribution in [3.05, 3.63) is 63.2 Å². The molecule has 25 heavy (non-hydrogen) atoms. The van der Waals surface area contributed by atoms with Crippen LogP contribution in [-0.2, 0) is 0 Å². The largest absolute Gasteiger partial charge is 0.277 e. The van der Waals surface area contributed by atoms with E-state index in [9.17, 15) is 0 Å². The summed E-state index contributed by atoms with van der Waals surface area (Å²) in [5.74, 6) is 1.68. The zero-order valence-corrected chi connectivity index (χ0v) is 16.7. The maximum absolute atomic E-state index is 4.74. The van der Waals surface area contributed by atoms with E-state index in [1.165, 1.54) is 57.3 Å². The van der Waals surface area contributed by atoms with Crippen molar-refractivity contribution in [2.75, 3.05) is 12.3 Å². The molecule has 1 atom stereocenters. The van der Waals surface area contributed by atoms with Crippen molar-refractivity contribution in [2.24, 2.45) is 4.99 Å². The molecule has 1 heterocycles. The van der Waals surface area contributed by atoms with Crippen LogP contribution in [0.5, 0.6) is 0 Å². The fourth-order valence-corrected chi connectivity index (χ4v) is 6.13. The predicted molar refractivity (Wildman–Crippen MR) is 114 cm³/mol. The molecule has 0 fully saturated rings. The van der Waals surface area contributed by atoms with E-state index in [-0.39, 0.29) is 0 Å². The summed E-state index contributed by atoms with van der Waals surface area (Å²) >= 11 is 5.66. The Morgan fingerprint density at radius 1 is 1.16 bits per heavy atom. The predicted octanol–water partition coefficient (Wildman–Crippen LogP) is 6.71. The minimum Gasteiger partial charge on any atom is -0.277 e. The number of hydrogen-bond acceptors (Lipinski definition) is 2. The third-order valence-corrected chi connectivity index (χ3v) is 7.26. The van der Waals surface area contributed by atoms with Gasteiger partial charge in [-0.2, -0.15) is 0 Å². The van der Waals surface area contributed by atoms with E-state index >= 15 is 0 Å². The maximum Gasteiger partial charge on any atom is 0.0995 e. The Hall–Kier alpha value is -1.32. The van der Waals surface area contributed by atoms with Gasteiger partial charge < -0.3 is 0 Å². The molecule has 0 spiro atoms. The van der Waals surface area contributed by atoms with Crippen molar-refractivity contribution >= 4 is 49.1 Å². The molecule has 3 heteroatoms. The molecular formula is C22H20BrNS. The third kappa shape index (κ3) is 2.47. The van der Waals surface area contributed by atoms with Gasteiger partial charge in [0.1, 0.15) is 0 Å². The monoisotopic (exact) mass is 409 g/mol. The minimum absolute atomic E-state index is 0.580. The Bertz CT molecular complexity index is 983. The van der Waals surface area contributed by atoms with Crippen molar-refractivity contribution in [1.82, 2.24) is 0 Å². The number of nitrogens with zero attached hydrogens (tertiary/aromatic N) is 1. The number of benzene rings is 2. The molecule has 0 bridgehead atoms. The lowest BCUT2D eigenvalue weighted by Gasteiger charge is -2.30. The van der Waals surface area contributed by atoms with Gasteiger partial charge in [-0.15, -0.1) is 11.8 Å². The van der Waals surface area contributed by atoms with Crippen molar-refractivity contribution in [3.63, 3.8) is 0 Å². The van der Waals surface area contributed by atoms with Crippen molar-refractivity contribution in [1.29, 1.82) is 0 Å². The highest BCUT2D eigenvalue weighted by molar-refractivity contribution is 9.10. The van der Waals surface area contributed by atoms with Crippen LogP contribution in [-0.4, -0.2) is 17.3 Å². The van der Waals surface area contributed by atoms with Crippen LogP contribution in [0.15, 0.2) is 51.5 Å². The number of hydrogen-bond donors (Lipinski definition) is 0. The summed E-state index contributed by atoms with van der Waals surface area (Å²) in [5.41, 5.74) is 7.40. The van der Waals surface area contributed by atoms with Gasteiger partial charge in [0.25, 0.3) is 0 Å². The number of rotatable bonds is 1. The van der Waals surface area contributed by atoms with Gasteiger partial charge in [-0.05, 0) is 58.7 Å². The van der Waals surface area contributed by atoms with Gasteiger partial charge in [0, 0.05) is 22.3 Å². The molecule has 2 aromatic carbocycles. The number of allylic oxidation sites excluding steroid dienone is 4. The quantitative estimate of drug-likeness (QED) is 0.509. The highest BCUT2D eigenvalue weighted by atomic mass is 79.9. The first kappa shape index (κ1) is 15.9. The molecule has 2 aliphatic carbocycles. The maximum atomic E-state index is 4.74. The van der Waals surface area contributed by atoms with Crippen LogP contribution < -0.4 is 0 Å². The van der Waals surface area contributed by atoms with Crippen molar-refractivity contribution in [2.45, 2.75) is 32.1 Å². The van der Waals surface area contributed by atoms with E-state index in [0.717, 1.165) is 16.8 Å². The van der Waals surface area contributed by atoms with E-state index in [1.807, 2.05) is 11.8 Å². The average Bonchev–Trinajstić information content (AvgIpc) is 3.15. The van der Waals surface area contributed by atoms with E-state index in [0.29, 0.717) is 5.92 Å². The van der Waals surface area contributed by atoms with Crippen molar-refractivity contribution in [3.8, 4) is 0 Å². The van der Waals surface area contributed by atoms with Crippen molar-refractivity contribution < 1.29 is 0 Å². The van der Waals surface area contributed by atoms with Gasteiger partial charge in [0.05, 0.1) is 5.04 Å². The van der Waals surface area contributed by atoms with Crippen LogP contribution in [0, 0.1) is 0 Å². The van der Waals surface area contributed by atoms with Gasteiger partial charge in [0.2, 0.25) is 0 Å². The summed E-state index contributed by atoms with van der Waals surface area (Å²) in [7, 11) is 0. The van der Waals surface area contributed by atoms with Crippen LogP contribution in [0.4, 0.5) is 0 Å². The Kier molecular flexibility index (Phi) is 3.90. The van der Waals surface area contributed by atoms with Crippen LogP contribution >= 0.6 is 27.7 Å². The second-order valence-corrected chi connectivity index (χ2v) is 9.08. The van der Waals surface area contributed by atoms with Gasteiger partial charge in [0.15, 0.2) is 0 Å². The summed E-state index contributed by atoms with van der Waals surface area (Å²) in [4.78, 5) is 4.74. The first-order valence-corrected chi connectivity index (χ1v) is 10.8. The van der Waals surface area contributed by atoms with Gasteiger partial charge in [-0.3, -0.25) is 4.99 Å². The lowest BCUT2D eigenvalue weighted by Crippen LogP contribution is -2.11. The summed E-state index contributed by atoms with van der Waals surface area (Å²) in [5, 5.41) is 3.94. The first-order valence-electron chi connectivity index (χ1n) is 9.05. The lowest BCUT2D eigenvalue weighted by molar-refractivity contribution is 0.710. The number of halogens is 1. The summed E-state index contributed by atoms with van der Waals surface area (Å²) in [6.07, 6.45) is 8.31. The Morgan fingerprint density at radius 3 is 2.88 bits per heavy atom. The molecule has 1 unspecified atom stereocenters. The van der Waals surface area contributed by atoms with Crippen LogP contribution in [0.3, 0.4) is 0 Å². The Labute approximate surface area is 161 Å². The molecule has 0 saturated carbocycles. The van der Waals surface area contributed by atoms with Crippen LogP contribution in [0.1, 0.15) is 48.8 Å². The fourth-order valence-electron chi connectivity index (χ4n) is 4.55. The minimum atomic E-state index is 0.580.